The average Bonchev–Trinajstić information content (AvgIpc) is 3.92. The molecule has 0 aromatic heterocycles. The van der Waals surface area contributed by atoms with Gasteiger partial charge >= 0.3 is 0 Å². The lowest BCUT2D eigenvalue weighted by Crippen LogP contribution is -2.71. The predicted octanol–water partition coefficient (Wildman–Crippen LogP) is 4.26. The number of aliphatic hydroxyl groups is 8. The Kier molecular flexibility index (Phi) is 12.0. The van der Waals surface area contributed by atoms with E-state index < -0.39 is 97.4 Å². The first-order valence-electron chi connectivity index (χ1n) is 23.9. The number of allylic oxidation sites excluding steroid dienone is 1. The molecule has 13 nitrogen and oxygen atoms in total. The molecule has 5 aliphatic heterocycles. The van der Waals surface area contributed by atoms with E-state index >= 15 is 9.59 Å². The molecule has 8 bridgehead atoms. The highest BCUT2D eigenvalue weighted by Gasteiger charge is 2.76. The van der Waals surface area contributed by atoms with E-state index in [2.05, 4.69) is 20.8 Å². The molecule has 2 saturated heterocycles. The third-order valence-electron chi connectivity index (χ3n) is 19.5. The molecule has 3 spiro atoms. The summed E-state index contributed by atoms with van der Waals surface area (Å²) in [5.74, 6) is -2.11. The van der Waals surface area contributed by atoms with Gasteiger partial charge in [-0.1, -0.05) is 55.7 Å². The van der Waals surface area contributed by atoms with Gasteiger partial charge in [-0.05, 0) is 148 Å². The van der Waals surface area contributed by atoms with Crippen molar-refractivity contribution >= 4 is 39.0 Å². The quantitative estimate of drug-likeness (QED) is 0.138. The van der Waals surface area contributed by atoms with Gasteiger partial charge in [0.05, 0.1) is 47.5 Å². The standard InChI is InChI=1S/C49H71NO12S2/c1-26(2)27(3)39-40(62-39)44(5,59)36-11-14-49(61)34-20-37(55)48-21-38(56)46(60,25-53)24-43(48,4)32(34)10-13-45(36,49)12-9-28-17-30(19-31(54)18-28)50-16-15-47(41(50)57)29(22-51)7-6-8-33(47)35(23-52)63-64-42(48)58/h17-20,26-27,29,32-33,35-36,38-40,42,51-54,56,58-61H,6-16,21-25H2,1-5H3/t27-,29+,32+,33-,35+,36-,38-,39+,40-,42-,43-,44-,45-,46-,47-,48+,49-/m1/s1. The van der Waals surface area contributed by atoms with Crippen LogP contribution in [0.2, 0.25) is 0 Å². The van der Waals surface area contributed by atoms with Crippen LogP contribution < -0.4 is 4.90 Å². The van der Waals surface area contributed by atoms with Crippen LogP contribution in [0.25, 0.3) is 0 Å². The summed E-state index contributed by atoms with van der Waals surface area (Å²) < 4.78 is 6.33. The van der Waals surface area contributed by atoms with Gasteiger partial charge in [-0.2, -0.15) is 0 Å². The number of amides is 1. The van der Waals surface area contributed by atoms with E-state index in [1.807, 2.05) is 19.9 Å². The highest BCUT2D eigenvalue weighted by Crippen LogP contribution is 2.74. The molecule has 4 saturated carbocycles. The summed E-state index contributed by atoms with van der Waals surface area (Å²) in [5, 5.41) is 106. The summed E-state index contributed by atoms with van der Waals surface area (Å²) >= 11 is 0. The van der Waals surface area contributed by atoms with Crippen LogP contribution in [0.1, 0.15) is 111 Å². The first-order valence-corrected chi connectivity index (χ1v) is 26.2. The molecular formula is C49H71NO12S2. The van der Waals surface area contributed by atoms with E-state index in [-0.39, 0.29) is 56.2 Å². The number of hydrogen-bond acceptors (Lipinski definition) is 14. The minimum atomic E-state index is -2.01. The van der Waals surface area contributed by atoms with Crippen LogP contribution in [-0.2, 0) is 20.7 Å². The molecule has 6 fully saturated rings. The highest BCUT2D eigenvalue weighted by atomic mass is 33.1. The zero-order chi connectivity index (χ0) is 46.2. The number of ether oxygens (including phenoxy) is 1. The minimum Gasteiger partial charge on any atom is -0.508 e. The zero-order valence-corrected chi connectivity index (χ0v) is 39.6. The minimum absolute atomic E-state index is 0.0238. The van der Waals surface area contributed by atoms with E-state index in [1.165, 1.54) is 16.9 Å². The SMILES string of the molecule is CC(C)[C@@H](C)[C@@H]1O[C@H]1[C@](C)(O)[C@H]1CC[C@@]2(O)C3=CC(=O)[C@]45C[C@@H](O)[C@](O)(CO)C[C@]4(C)[C@H]3CC[C@]12CCc1cc(O)cc(c1)N1CC[C@@]2(C1=O)[C@H](CO)CCC[C@@H]2[C@H](CO)SS[C@H]5O. The van der Waals surface area contributed by atoms with Gasteiger partial charge in [0, 0.05) is 35.6 Å². The second-order valence-electron chi connectivity index (χ2n) is 22.3. The summed E-state index contributed by atoms with van der Waals surface area (Å²) in [7, 11) is 2.22. The molecule has 5 aliphatic carbocycles. The molecule has 0 radical (unpaired) electrons. The predicted molar refractivity (Wildman–Crippen MR) is 243 cm³/mol. The van der Waals surface area contributed by atoms with Crippen LogP contribution in [0, 0.1) is 57.2 Å². The second-order valence-corrected chi connectivity index (χ2v) is 24.9. The maximum atomic E-state index is 15.4. The Hall–Kier alpha value is -1.76. The van der Waals surface area contributed by atoms with Crippen molar-refractivity contribution in [1.82, 2.24) is 0 Å². The van der Waals surface area contributed by atoms with Crippen LogP contribution in [-0.4, -0.2) is 130 Å². The Morgan fingerprint density at radius 1 is 0.953 bits per heavy atom. The van der Waals surface area contributed by atoms with E-state index in [0.29, 0.717) is 75.1 Å². The zero-order valence-electron chi connectivity index (χ0n) is 38.0. The fraction of sp³-hybridized carbons (Fsp3) is 0.796. The van der Waals surface area contributed by atoms with Gasteiger partial charge in [0.15, 0.2) is 5.78 Å². The monoisotopic (exact) mass is 929 g/mol. The van der Waals surface area contributed by atoms with Crippen molar-refractivity contribution < 1.29 is 60.3 Å². The third-order valence-corrected chi connectivity index (χ3v) is 22.6. The summed E-state index contributed by atoms with van der Waals surface area (Å²) in [6, 6.07) is 5.17. The largest absolute Gasteiger partial charge is 0.508 e. The Labute approximate surface area is 384 Å². The van der Waals surface area contributed by atoms with Gasteiger partial charge in [0.25, 0.3) is 0 Å². The molecule has 11 rings (SSSR count). The molecule has 1 amide bonds. The lowest BCUT2D eigenvalue weighted by atomic mass is 9.39. The van der Waals surface area contributed by atoms with Crippen molar-refractivity contribution in [3.8, 4) is 5.75 Å². The van der Waals surface area contributed by atoms with Gasteiger partial charge in [-0.15, -0.1) is 0 Å². The number of aliphatic hydroxyl groups excluding tert-OH is 5. The Balaban J connectivity index is 1.22. The molecule has 64 heavy (non-hydrogen) atoms. The number of aromatic hydroxyl groups is 1. The van der Waals surface area contributed by atoms with Crippen molar-refractivity contribution in [2.24, 2.45) is 57.2 Å². The van der Waals surface area contributed by atoms with E-state index in [9.17, 15) is 46.0 Å². The summed E-state index contributed by atoms with van der Waals surface area (Å²) in [6.45, 7) is 9.01. The van der Waals surface area contributed by atoms with E-state index in [4.69, 9.17) is 4.74 Å². The number of carbonyl (C=O) groups excluding carboxylic acids is 2. The normalized spacial score (nSPS) is 46.9. The number of phenols is 1. The first kappa shape index (κ1) is 47.3. The molecule has 1 aromatic rings. The van der Waals surface area contributed by atoms with Crippen molar-refractivity contribution in [2.75, 3.05) is 31.3 Å². The maximum Gasteiger partial charge on any atom is 0.233 e. The van der Waals surface area contributed by atoms with Gasteiger partial charge in [-0.25, -0.2) is 0 Å². The summed E-state index contributed by atoms with van der Waals surface area (Å²) in [4.78, 5) is 32.3. The van der Waals surface area contributed by atoms with Crippen molar-refractivity contribution in [1.29, 1.82) is 0 Å². The lowest BCUT2D eigenvalue weighted by Gasteiger charge is -2.66. The fourth-order valence-corrected chi connectivity index (χ4v) is 19.0. The van der Waals surface area contributed by atoms with E-state index in [0.717, 1.165) is 22.8 Å². The van der Waals surface area contributed by atoms with Crippen molar-refractivity contribution in [2.45, 2.75) is 157 Å². The first-order chi connectivity index (χ1) is 30.2. The number of aryl methyl sites for hydroxylation is 1. The maximum absolute atomic E-state index is 15.4. The number of phenolic OH excluding ortho intramolecular Hbond substituents is 1. The van der Waals surface area contributed by atoms with Gasteiger partial charge in [0.1, 0.15) is 22.9 Å². The van der Waals surface area contributed by atoms with Crippen LogP contribution in [0.5, 0.6) is 5.75 Å². The highest BCUT2D eigenvalue weighted by molar-refractivity contribution is 8.77. The molecule has 10 aliphatic rings. The number of anilines is 1. The molecular weight excluding hydrogens is 859 g/mol. The Bertz CT molecular complexity index is 2050. The lowest BCUT2D eigenvalue weighted by molar-refractivity contribution is -0.231. The van der Waals surface area contributed by atoms with Crippen molar-refractivity contribution in [3.63, 3.8) is 0 Å². The number of fused-ring (bicyclic) bond motifs is 2. The molecule has 9 N–H and O–H groups in total. The molecule has 5 heterocycles. The molecule has 356 valence electrons. The van der Waals surface area contributed by atoms with Crippen LogP contribution >= 0.6 is 21.6 Å². The molecule has 15 heteroatoms. The smallest absolute Gasteiger partial charge is 0.233 e. The third kappa shape index (κ3) is 6.44. The number of hydrogen-bond donors (Lipinski definition) is 9. The number of rotatable bonds is 7. The van der Waals surface area contributed by atoms with Gasteiger partial charge < -0.3 is 55.6 Å². The average molecular weight is 930 g/mol. The van der Waals surface area contributed by atoms with Crippen LogP contribution in [0.15, 0.2) is 29.8 Å². The second kappa shape index (κ2) is 16.2. The Morgan fingerprint density at radius 3 is 2.39 bits per heavy atom. The van der Waals surface area contributed by atoms with Gasteiger partial charge in [-0.3, -0.25) is 9.59 Å². The van der Waals surface area contributed by atoms with Crippen LogP contribution in [0.4, 0.5) is 5.69 Å². The number of ketones is 1. The topological polar surface area (TPSA) is 232 Å². The fourth-order valence-electron chi connectivity index (χ4n) is 15.7. The number of benzene rings is 1. The number of nitrogens with zero attached hydrogens (tertiary/aromatic N) is 1. The number of carbonyl (C=O) groups is 2. The summed E-state index contributed by atoms with van der Waals surface area (Å²) in [5.41, 5.74) is -9.84. The summed E-state index contributed by atoms with van der Waals surface area (Å²) in [6.07, 6.45) is 3.16. The molecule has 0 unspecified atom stereocenters. The molecule has 17 atom stereocenters. The van der Waals surface area contributed by atoms with Crippen molar-refractivity contribution in [3.05, 3.63) is 35.4 Å². The number of epoxide rings is 1. The van der Waals surface area contributed by atoms with Gasteiger partial charge in [0.2, 0.25) is 5.91 Å². The Morgan fingerprint density at radius 2 is 1.70 bits per heavy atom. The molecule has 1 aromatic carbocycles. The van der Waals surface area contributed by atoms with E-state index in [1.54, 1.807) is 17.0 Å². The van der Waals surface area contributed by atoms with Crippen LogP contribution in [0.3, 0.4) is 0 Å².